The van der Waals surface area contributed by atoms with E-state index in [-0.39, 0.29) is 11.7 Å². The van der Waals surface area contributed by atoms with Crippen LogP contribution in [0.2, 0.25) is 5.02 Å². The molecule has 1 heterocycles. The van der Waals surface area contributed by atoms with Gasteiger partial charge < -0.3 is 0 Å². The third kappa shape index (κ3) is 3.57. The number of rotatable bonds is 5. The van der Waals surface area contributed by atoms with E-state index in [0.717, 1.165) is 10.0 Å². The zero-order chi connectivity index (χ0) is 17.1. The Bertz CT molecular complexity index is 816. The molecule has 3 aromatic rings. The minimum atomic E-state index is -0.477. The number of halogens is 2. The molecule has 2 unspecified atom stereocenters. The molecule has 0 N–H and O–H groups in total. The van der Waals surface area contributed by atoms with E-state index in [2.05, 4.69) is 26.0 Å². The molecule has 4 nitrogen and oxygen atoms in total. The molecule has 2 atom stereocenters. The molecule has 0 aliphatic rings. The molecular weight excluding hydrogens is 390 g/mol. The summed E-state index contributed by atoms with van der Waals surface area (Å²) in [5.41, 5.74) is 1.66. The van der Waals surface area contributed by atoms with E-state index in [1.165, 1.54) is 6.33 Å². The van der Waals surface area contributed by atoms with E-state index in [1.54, 1.807) is 11.0 Å². The molecule has 0 spiro atoms. The molecule has 0 bridgehead atoms. The summed E-state index contributed by atoms with van der Waals surface area (Å²) in [6.07, 6.45) is 3.02. The van der Waals surface area contributed by atoms with Crippen LogP contribution in [-0.4, -0.2) is 20.5 Å². The molecule has 0 radical (unpaired) electrons. The number of nitrogens with zero attached hydrogens (tertiary/aromatic N) is 3. The second kappa shape index (κ2) is 7.28. The van der Waals surface area contributed by atoms with Gasteiger partial charge >= 0.3 is 0 Å². The van der Waals surface area contributed by atoms with Crippen LogP contribution in [0.15, 0.2) is 65.7 Å². The highest BCUT2D eigenvalue weighted by Gasteiger charge is 2.29. The van der Waals surface area contributed by atoms with Crippen LogP contribution in [0.5, 0.6) is 0 Å². The predicted molar refractivity (Wildman–Crippen MR) is 97.4 cm³/mol. The SMILES string of the molecule is CC(c1ccc(Cl)cc1)C(C(=O)c1ccc(Br)cc1)n1cncn1. The first-order chi connectivity index (χ1) is 11.6. The van der Waals surface area contributed by atoms with Crippen LogP contribution in [-0.2, 0) is 0 Å². The fourth-order valence-electron chi connectivity index (χ4n) is 2.67. The normalized spacial score (nSPS) is 13.5. The molecule has 0 amide bonds. The Labute approximate surface area is 153 Å². The number of Topliss-reactive ketones (excluding diaryl/α,β-unsaturated/α-hetero) is 1. The summed E-state index contributed by atoms with van der Waals surface area (Å²) < 4.78 is 2.55. The molecule has 0 aliphatic carbocycles. The number of ketones is 1. The lowest BCUT2D eigenvalue weighted by Gasteiger charge is -2.23. The van der Waals surface area contributed by atoms with Crippen molar-refractivity contribution in [2.45, 2.75) is 18.9 Å². The van der Waals surface area contributed by atoms with Crippen molar-refractivity contribution in [3.05, 3.63) is 81.8 Å². The first kappa shape index (κ1) is 16.9. The van der Waals surface area contributed by atoms with Gasteiger partial charge in [0.1, 0.15) is 18.7 Å². The smallest absolute Gasteiger partial charge is 0.188 e. The summed E-state index contributed by atoms with van der Waals surface area (Å²) in [5, 5.41) is 4.86. The maximum atomic E-state index is 13.1. The number of carbonyl (C=O) groups is 1. The molecule has 2 aromatic carbocycles. The Morgan fingerprint density at radius 2 is 1.79 bits per heavy atom. The molecule has 0 fully saturated rings. The standard InChI is InChI=1S/C18H15BrClN3O/c1-12(13-4-8-16(20)9-5-13)17(23-11-21-10-22-23)18(24)14-2-6-15(19)7-3-14/h2-12,17H,1H3. The molecule has 0 aliphatic heterocycles. The van der Waals surface area contributed by atoms with Gasteiger partial charge in [-0.05, 0) is 29.8 Å². The molecule has 0 saturated carbocycles. The maximum absolute atomic E-state index is 13.1. The van der Waals surface area contributed by atoms with Crippen molar-refractivity contribution < 1.29 is 4.79 Å². The number of benzene rings is 2. The third-order valence-electron chi connectivity index (χ3n) is 3.99. The van der Waals surface area contributed by atoms with Crippen LogP contribution in [0.3, 0.4) is 0 Å². The zero-order valence-corrected chi connectivity index (χ0v) is 15.3. The predicted octanol–water partition coefficient (Wildman–Crippen LogP) is 4.92. The Balaban J connectivity index is 1.99. The highest BCUT2D eigenvalue weighted by molar-refractivity contribution is 9.10. The van der Waals surface area contributed by atoms with Crippen molar-refractivity contribution in [1.82, 2.24) is 14.8 Å². The minimum absolute atomic E-state index is 0.00421. The van der Waals surface area contributed by atoms with Gasteiger partial charge in [-0.3, -0.25) is 4.79 Å². The molecule has 122 valence electrons. The molecular formula is C18H15BrClN3O. The Kier molecular flexibility index (Phi) is 5.11. The Hall–Kier alpha value is -1.98. The van der Waals surface area contributed by atoms with Gasteiger partial charge in [0.15, 0.2) is 5.78 Å². The quantitative estimate of drug-likeness (QED) is 0.567. The summed E-state index contributed by atoms with van der Waals surface area (Å²) in [4.78, 5) is 17.1. The lowest BCUT2D eigenvalue weighted by atomic mass is 9.88. The molecule has 24 heavy (non-hydrogen) atoms. The highest BCUT2D eigenvalue weighted by Crippen LogP contribution is 2.31. The summed E-state index contributed by atoms with van der Waals surface area (Å²) in [5.74, 6) is -0.0874. The van der Waals surface area contributed by atoms with Gasteiger partial charge in [0.25, 0.3) is 0 Å². The van der Waals surface area contributed by atoms with Crippen molar-refractivity contribution in [2.24, 2.45) is 0 Å². The number of hydrogen-bond donors (Lipinski definition) is 0. The van der Waals surface area contributed by atoms with Crippen LogP contribution in [0.1, 0.15) is 34.8 Å². The van der Waals surface area contributed by atoms with Crippen LogP contribution < -0.4 is 0 Å². The van der Waals surface area contributed by atoms with Gasteiger partial charge in [0.05, 0.1) is 0 Å². The van der Waals surface area contributed by atoms with E-state index in [0.29, 0.717) is 10.6 Å². The zero-order valence-electron chi connectivity index (χ0n) is 12.9. The molecule has 1 aromatic heterocycles. The summed E-state index contributed by atoms with van der Waals surface area (Å²) >= 11 is 9.36. The van der Waals surface area contributed by atoms with E-state index in [4.69, 9.17) is 11.6 Å². The first-order valence-electron chi connectivity index (χ1n) is 7.45. The number of aromatic nitrogens is 3. The second-order valence-corrected chi connectivity index (χ2v) is 6.88. The Morgan fingerprint density at radius 3 is 2.38 bits per heavy atom. The van der Waals surface area contributed by atoms with E-state index in [1.807, 2.05) is 55.5 Å². The van der Waals surface area contributed by atoms with Crippen molar-refractivity contribution in [3.63, 3.8) is 0 Å². The molecule has 3 rings (SSSR count). The number of carbonyl (C=O) groups excluding carboxylic acids is 1. The van der Waals surface area contributed by atoms with Crippen LogP contribution in [0.4, 0.5) is 0 Å². The fraction of sp³-hybridized carbons (Fsp3) is 0.167. The van der Waals surface area contributed by atoms with Crippen molar-refractivity contribution in [2.75, 3.05) is 0 Å². The van der Waals surface area contributed by atoms with Gasteiger partial charge in [-0.1, -0.05) is 58.7 Å². The largest absolute Gasteiger partial charge is 0.292 e. The van der Waals surface area contributed by atoms with Crippen LogP contribution >= 0.6 is 27.5 Å². The average Bonchev–Trinajstić information content (AvgIpc) is 3.10. The summed E-state index contributed by atoms with van der Waals surface area (Å²) in [6, 6.07) is 14.4. The van der Waals surface area contributed by atoms with Gasteiger partial charge in [-0.15, -0.1) is 0 Å². The lowest BCUT2D eigenvalue weighted by molar-refractivity contribution is 0.0901. The maximum Gasteiger partial charge on any atom is 0.188 e. The highest BCUT2D eigenvalue weighted by atomic mass is 79.9. The third-order valence-corrected chi connectivity index (χ3v) is 4.77. The molecule has 6 heteroatoms. The number of hydrogen-bond acceptors (Lipinski definition) is 3. The van der Waals surface area contributed by atoms with Crippen LogP contribution in [0.25, 0.3) is 0 Å². The second-order valence-electron chi connectivity index (χ2n) is 5.53. The van der Waals surface area contributed by atoms with Crippen molar-refractivity contribution in [3.8, 4) is 0 Å². The first-order valence-corrected chi connectivity index (χ1v) is 8.62. The Morgan fingerprint density at radius 1 is 1.12 bits per heavy atom. The fourth-order valence-corrected chi connectivity index (χ4v) is 3.06. The van der Waals surface area contributed by atoms with Gasteiger partial charge in [0.2, 0.25) is 0 Å². The van der Waals surface area contributed by atoms with Gasteiger partial charge in [-0.25, -0.2) is 9.67 Å². The van der Waals surface area contributed by atoms with E-state index < -0.39 is 6.04 Å². The average molecular weight is 405 g/mol. The van der Waals surface area contributed by atoms with Crippen LogP contribution in [0, 0.1) is 0 Å². The lowest BCUT2D eigenvalue weighted by Crippen LogP contribution is -2.25. The van der Waals surface area contributed by atoms with Crippen molar-refractivity contribution in [1.29, 1.82) is 0 Å². The minimum Gasteiger partial charge on any atom is -0.292 e. The van der Waals surface area contributed by atoms with Crippen molar-refractivity contribution >= 4 is 33.3 Å². The van der Waals surface area contributed by atoms with E-state index >= 15 is 0 Å². The van der Waals surface area contributed by atoms with Gasteiger partial charge in [0, 0.05) is 21.0 Å². The molecule has 0 saturated heterocycles. The van der Waals surface area contributed by atoms with E-state index in [9.17, 15) is 4.79 Å². The summed E-state index contributed by atoms with van der Waals surface area (Å²) in [7, 11) is 0. The van der Waals surface area contributed by atoms with Gasteiger partial charge in [-0.2, -0.15) is 5.10 Å². The monoisotopic (exact) mass is 403 g/mol. The summed E-state index contributed by atoms with van der Waals surface area (Å²) in [6.45, 7) is 2.01. The topological polar surface area (TPSA) is 47.8 Å².